The van der Waals surface area contributed by atoms with Crippen molar-refractivity contribution in [1.29, 1.82) is 0 Å². The van der Waals surface area contributed by atoms with Gasteiger partial charge in [0.25, 0.3) is 0 Å². The van der Waals surface area contributed by atoms with Crippen molar-refractivity contribution in [1.82, 2.24) is 10.2 Å². The summed E-state index contributed by atoms with van der Waals surface area (Å²) in [5.74, 6) is -0.484. The van der Waals surface area contributed by atoms with Crippen molar-refractivity contribution in [3.05, 3.63) is 30.1 Å². The fourth-order valence-electron chi connectivity index (χ4n) is 2.41. The van der Waals surface area contributed by atoms with Crippen LogP contribution in [0.2, 0.25) is 0 Å². The minimum absolute atomic E-state index is 0. The van der Waals surface area contributed by atoms with Crippen LogP contribution in [0.5, 0.6) is 0 Å². The quantitative estimate of drug-likeness (QED) is 0.791. The molecule has 0 bridgehead atoms. The van der Waals surface area contributed by atoms with Crippen molar-refractivity contribution in [2.45, 2.75) is 6.42 Å². The SMILES string of the molecule is Cl.Cl.NCC(=O)NCCC(=O)N1CCN(c2ccc(F)cc2)CC1. The van der Waals surface area contributed by atoms with Crippen LogP contribution in [0, 0.1) is 5.82 Å². The number of carbonyl (C=O) groups is 2. The summed E-state index contributed by atoms with van der Waals surface area (Å²) in [5.41, 5.74) is 6.14. The Labute approximate surface area is 153 Å². The Morgan fingerprint density at radius 2 is 1.67 bits per heavy atom. The van der Waals surface area contributed by atoms with Crippen molar-refractivity contribution in [2.75, 3.05) is 44.2 Å². The van der Waals surface area contributed by atoms with Gasteiger partial charge in [0.1, 0.15) is 5.82 Å². The normalized spacial score (nSPS) is 13.6. The highest BCUT2D eigenvalue weighted by Gasteiger charge is 2.21. The minimum atomic E-state index is -0.256. The first-order chi connectivity index (χ1) is 10.6. The van der Waals surface area contributed by atoms with Gasteiger partial charge >= 0.3 is 0 Å². The Balaban J connectivity index is 0.00000264. The zero-order valence-corrected chi connectivity index (χ0v) is 14.9. The van der Waals surface area contributed by atoms with Crippen LogP contribution >= 0.6 is 24.8 Å². The van der Waals surface area contributed by atoms with E-state index in [4.69, 9.17) is 5.73 Å². The fourth-order valence-corrected chi connectivity index (χ4v) is 2.41. The Morgan fingerprint density at radius 3 is 2.21 bits per heavy atom. The lowest BCUT2D eigenvalue weighted by Gasteiger charge is -2.36. The first kappa shape index (κ1) is 22.4. The average molecular weight is 381 g/mol. The van der Waals surface area contributed by atoms with E-state index in [1.807, 2.05) is 0 Å². The molecule has 9 heteroatoms. The summed E-state index contributed by atoms with van der Waals surface area (Å²) in [6, 6.07) is 6.37. The second-order valence-corrected chi connectivity index (χ2v) is 5.15. The third kappa shape index (κ3) is 6.51. The van der Waals surface area contributed by atoms with Gasteiger partial charge in [0.2, 0.25) is 11.8 Å². The highest BCUT2D eigenvalue weighted by Crippen LogP contribution is 2.17. The molecule has 136 valence electrons. The molecule has 2 rings (SSSR count). The molecule has 0 saturated carbocycles. The molecule has 0 aliphatic carbocycles. The summed E-state index contributed by atoms with van der Waals surface area (Å²) in [7, 11) is 0. The summed E-state index contributed by atoms with van der Waals surface area (Å²) < 4.78 is 12.9. The van der Waals surface area contributed by atoms with Crippen LogP contribution in [0.1, 0.15) is 6.42 Å². The molecule has 1 aliphatic rings. The van der Waals surface area contributed by atoms with Crippen LogP contribution < -0.4 is 16.0 Å². The van der Waals surface area contributed by atoms with Crippen LogP contribution in [-0.2, 0) is 9.59 Å². The van der Waals surface area contributed by atoms with Crippen molar-refractivity contribution < 1.29 is 14.0 Å². The first-order valence-corrected chi connectivity index (χ1v) is 7.35. The molecule has 0 spiro atoms. The second-order valence-electron chi connectivity index (χ2n) is 5.15. The molecular weight excluding hydrogens is 358 g/mol. The van der Waals surface area contributed by atoms with Gasteiger partial charge in [-0.2, -0.15) is 0 Å². The van der Waals surface area contributed by atoms with Crippen molar-refractivity contribution >= 4 is 42.3 Å². The minimum Gasteiger partial charge on any atom is -0.368 e. The zero-order valence-electron chi connectivity index (χ0n) is 13.2. The highest BCUT2D eigenvalue weighted by molar-refractivity contribution is 5.85. The molecule has 1 heterocycles. The Hall–Kier alpha value is -1.57. The van der Waals surface area contributed by atoms with Crippen LogP contribution in [0.25, 0.3) is 0 Å². The number of nitrogens with one attached hydrogen (secondary N) is 1. The van der Waals surface area contributed by atoms with Gasteiger partial charge in [-0.3, -0.25) is 9.59 Å². The second kappa shape index (κ2) is 11.1. The largest absolute Gasteiger partial charge is 0.368 e. The number of nitrogens with two attached hydrogens (primary N) is 1. The van der Waals surface area contributed by atoms with E-state index in [0.29, 0.717) is 32.7 Å². The maximum Gasteiger partial charge on any atom is 0.233 e. The topological polar surface area (TPSA) is 78.7 Å². The summed E-state index contributed by atoms with van der Waals surface area (Å²) in [4.78, 5) is 26.9. The van der Waals surface area contributed by atoms with E-state index >= 15 is 0 Å². The van der Waals surface area contributed by atoms with Gasteiger partial charge in [0.15, 0.2) is 0 Å². The van der Waals surface area contributed by atoms with Crippen LogP contribution in [-0.4, -0.2) is 56.0 Å². The van der Waals surface area contributed by atoms with Gasteiger partial charge in [0.05, 0.1) is 6.54 Å². The van der Waals surface area contributed by atoms with E-state index in [1.54, 1.807) is 17.0 Å². The summed E-state index contributed by atoms with van der Waals surface area (Å²) in [6.45, 7) is 2.93. The van der Waals surface area contributed by atoms with E-state index in [1.165, 1.54) is 12.1 Å². The van der Waals surface area contributed by atoms with Crippen LogP contribution in [0.4, 0.5) is 10.1 Å². The molecule has 1 aromatic carbocycles. The highest BCUT2D eigenvalue weighted by atomic mass is 35.5. The molecule has 6 nitrogen and oxygen atoms in total. The summed E-state index contributed by atoms with van der Waals surface area (Å²) in [6.07, 6.45) is 0.280. The lowest BCUT2D eigenvalue weighted by Crippen LogP contribution is -2.49. The van der Waals surface area contributed by atoms with E-state index in [0.717, 1.165) is 5.69 Å². The number of hydrogen-bond acceptors (Lipinski definition) is 4. The Morgan fingerprint density at radius 1 is 1.08 bits per heavy atom. The van der Waals surface area contributed by atoms with Crippen molar-refractivity contribution in [2.24, 2.45) is 5.73 Å². The van der Waals surface area contributed by atoms with Crippen molar-refractivity contribution in [3.63, 3.8) is 0 Å². The molecule has 0 radical (unpaired) electrons. The van der Waals surface area contributed by atoms with Crippen LogP contribution in [0.3, 0.4) is 0 Å². The maximum absolute atomic E-state index is 12.9. The van der Waals surface area contributed by atoms with Gasteiger partial charge in [-0.1, -0.05) is 0 Å². The number of benzene rings is 1. The van der Waals surface area contributed by atoms with E-state index in [2.05, 4.69) is 10.2 Å². The summed E-state index contributed by atoms with van der Waals surface area (Å²) >= 11 is 0. The Kier molecular flexibility index (Phi) is 10.3. The number of amides is 2. The summed E-state index contributed by atoms with van der Waals surface area (Å²) in [5, 5.41) is 2.58. The van der Waals surface area contributed by atoms with Gasteiger partial charge in [-0.05, 0) is 24.3 Å². The smallest absolute Gasteiger partial charge is 0.233 e. The van der Waals surface area contributed by atoms with Gasteiger partial charge in [-0.25, -0.2) is 4.39 Å². The zero-order chi connectivity index (χ0) is 15.9. The molecule has 0 unspecified atom stereocenters. The molecule has 2 amide bonds. The number of nitrogens with zero attached hydrogens (tertiary/aromatic N) is 2. The number of halogens is 3. The molecule has 0 atom stereocenters. The predicted molar refractivity (Wildman–Crippen MR) is 96.4 cm³/mol. The number of anilines is 1. The third-order valence-corrected chi connectivity index (χ3v) is 3.67. The molecular formula is C15H23Cl2FN4O2. The van der Waals surface area contributed by atoms with Gasteiger partial charge in [0, 0.05) is 44.8 Å². The maximum atomic E-state index is 12.9. The molecule has 0 aromatic heterocycles. The lowest BCUT2D eigenvalue weighted by atomic mass is 10.2. The van der Waals surface area contributed by atoms with Crippen LogP contribution in [0.15, 0.2) is 24.3 Å². The predicted octanol–water partition coefficient (Wildman–Crippen LogP) is 0.783. The number of rotatable bonds is 5. The van der Waals surface area contributed by atoms with E-state index in [-0.39, 0.29) is 55.4 Å². The lowest BCUT2D eigenvalue weighted by molar-refractivity contribution is -0.131. The average Bonchev–Trinajstić information content (AvgIpc) is 2.55. The molecule has 1 aliphatic heterocycles. The van der Waals surface area contributed by atoms with E-state index in [9.17, 15) is 14.0 Å². The molecule has 1 aromatic rings. The molecule has 24 heavy (non-hydrogen) atoms. The molecule has 3 N–H and O–H groups in total. The number of piperazine rings is 1. The molecule has 1 saturated heterocycles. The van der Waals surface area contributed by atoms with Gasteiger partial charge < -0.3 is 20.9 Å². The fraction of sp³-hybridized carbons (Fsp3) is 0.467. The molecule has 1 fully saturated rings. The standard InChI is InChI=1S/C15H21FN4O2.2ClH/c16-12-1-3-13(4-2-12)19-7-9-20(10-8-19)15(22)5-6-18-14(21)11-17;;/h1-4H,5-11,17H2,(H,18,21);2*1H. The van der Waals surface area contributed by atoms with E-state index < -0.39 is 0 Å². The van der Waals surface area contributed by atoms with Crippen molar-refractivity contribution in [3.8, 4) is 0 Å². The number of carbonyl (C=O) groups excluding carboxylic acids is 2. The third-order valence-electron chi connectivity index (χ3n) is 3.67. The first-order valence-electron chi connectivity index (χ1n) is 7.35. The Bertz CT molecular complexity index is 523. The number of hydrogen-bond donors (Lipinski definition) is 2. The monoisotopic (exact) mass is 380 g/mol. The van der Waals surface area contributed by atoms with Gasteiger partial charge in [-0.15, -0.1) is 24.8 Å².